The summed E-state index contributed by atoms with van der Waals surface area (Å²) in [6.45, 7) is 9.13. The van der Waals surface area contributed by atoms with E-state index in [9.17, 15) is 15.3 Å². The fourth-order valence-electron chi connectivity index (χ4n) is 2.87. The van der Waals surface area contributed by atoms with E-state index in [0.717, 1.165) is 5.57 Å². The molecule has 5 unspecified atom stereocenters. The van der Waals surface area contributed by atoms with Crippen molar-refractivity contribution in [3.05, 3.63) is 29.5 Å². The number of alkyl halides is 1. The average molecular weight is 315 g/mol. The van der Waals surface area contributed by atoms with Gasteiger partial charge < -0.3 is 20.1 Å². The Balaban J connectivity index is 2.37. The lowest BCUT2D eigenvalue weighted by Crippen LogP contribution is -2.67. The summed E-state index contributed by atoms with van der Waals surface area (Å²) in [6.07, 6.45) is -0.379. The Labute approximate surface area is 130 Å². The zero-order chi connectivity index (χ0) is 16.0. The fraction of sp³-hybridized carbons (Fsp3) is 0.688. The first-order chi connectivity index (χ1) is 9.58. The van der Waals surface area contributed by atoms with Gasteiger partial charge in [0, 0.05) is 18.4 Å². The van der Waals surface area contributed by atoms with Crippen LogP contribution in [-0.4, -0.2) is 50.2 Å². The number of aliphatic hydroxyl groups is 3. The van der Waals surface area contributed by atoms with Crippen LogP contribution in [0.3, 0.4) is 0 Å². The SMILES string of the molecule is C=C(C)C=C=C1CC2OC(C)(C)C(O)CC2(O)C(Cl)C1O. The van der Waals surface area contributed by atoms with Gasteiger partial charge in [0.2, 0.25) is 0 Å². The minimum atomic E-state index is -1.45. The van der Waals surface area contributed by atoms with Gasteiger partial charge in [-0.3, -0.25) is 0 Å². The number of fused-ring (bicyclic) bond motifs is 1. The topological polar surface area (TPSA) is 69.9 Å². The Hall–Kier alpha value is -0.610. The molecule has 1 aliphatic carbocycles. The lowest BCUT2D eigenvalue weighted by molar-refractivity contribution is -0.260. The molecule has 1 saturated carbocycles. The number of allylic oxidation sites excluding steroid dienone is 1. The summed E-state index contributed by atoms with van der Waals surface area (Å²) < 4.78 is 5.86. The monoisotopic (exact) mass is 314 g/mol. The van der Waals surface area contributed by atoms with E-state index >= 15 is 0 Å². The van der Waals surface area contributed by atoms with Crippen LogP contribution >= 0.6 is 11.6 Å². The van der Waals surface area contributed by atoms with E-state index in [0.29, 0.717) is 12.0 Å². The van der Waals surface area contributed by atoms with E-state index in [1.54, 1.807) is 19.9 Å². The average Bonchev–Trinajstić information content (AvgIpc) is 2.37. The third kappa shape index (κ3) is 2.98. The zero-order valence-corrected chi connectivity index (χ0v) is 13.4. The molecule has 118 valence electrons. The quantitative estimate of drug-likeness (QED) is 0.391. The molecule has 3 N–H and O–H groups in total. The molecule has 0 spiro atoms. The summed E-state index contributed by atoms with van der Waals surface area (Å²) in [7, 11) is 0. The Morgan fingerprint density at radius 1 is 1.48 bits per heavy atom. The summed E-state index contributed by atoms with van der Waals surface area (Å²) in [5, 5.41) is 30.2. The van der Waals surface area contributed by atoms with Gasteiger partial charge in [-0.05, 0) is 26.8 Å². The van der Waals surface area contributed by atoms with Crippen molar-refractivity contribution < 1.29 is 20.1 Å². The number of aliphatic hydroxyl groups excluding tert-OH is 2. The third-order valence-corrected chi connectivity index (χ3v) is 4.96. The third-order valence-electron chi connectivity index (χ3n) is 4.35. The van der Waals surface area contributed by atoms with Gasteiger partial charge in [-0.15, -0.1) is 17.3 Å². The highest BCUT2D eigenvalue weighted by atomic mass is 35.5. The maximum Gasteiger partial charge on any atom is 0.113 e. The van der Waals surface area contributed by atoms with Crippen LogP contribution < -0.4 is 0 Å². The Kier molecular flexibility index (Phi) is 4.42. The molecular formula is C16H23ClO4. The fourth-order valence-corrected chi connectivity index (χ4v) is 3.26. The van der Waals surface area contributed by atoms with Crippen LogP contribution in [0.4, 0.5) is 0 Å². The molecule has 2 rings (SSSR count). The molecular weight excluding hydrogens is 292 g/mol. The number of ether oxygens (including phenoxy) is 1. The van der Waals surface area contributed by atoms with E-state index in [1.165, 1.54) is 0 Å². The molecule has 5 atom stereocenters. The summed E-state index contributed by atoms with van der Waals surface area (Å²) in [4.78, 5) is 0. The van der Waals surface area contributed by atoms with Gasteiger partial charge in [-0.1, -0.05) is 12.2 Å². The van der Waals surface area contributed by atoms with Crippen molar-refractivity contribution in [3.63, 3.8) is 0 Å². The van der Waals surface area contributed by atoms with E-state index in [4.69, 9.17) is 16.3 Å². The first-order valence-electron chi connectivity index (χ1n) is 7.09. The molecule has 0 aromatic rings. The second-order valence-electron chi connectivity index (χ2n) is 6.63. The van der Waals surface area contributed by atoms with Crippen molar-refractivity contribution >= 4 is 11.6 Å². The lowest BCUT2D eigenvalue weighted by Gasteiger charge is -2.54. The minimum absolute atomic E-state index is 0.0768. The smallest absolute Gasteiger partial charge is 0.113 e. The molecule has 0 amide bonds. The maximum atomic E-state index is 10.8. The Morgan fingerprint density at radius 3 is 2.67 bits per heavy atom. The molecule has 4 nitrogen and oxygen atoms in total. The highest BCUT2D eigenvalue weighted by molar-refractivity contribution is 6.22. The number of halogens is 1. The largest absolute Gasteiger partial charge is 0.390 e. The molecule has 0 radical (unpaired) electrons. The highest BCUT2D eigenvalue weighted by Gasteiger charge is 2.58. The molecule has 2 aliphatic rings. The Morgan fingerprint density at radius 2 is 2.10 bits per heavy atom. The highest BCUT2D eigenvalue weighted by Crippen LogP contribution is 2.46. The predicted molar refractivity (Wildman–Crippen MR) is 81.2 cm³/mol. The summed E-state index contributed by atoms with van der Waals surface area (Å²) in [5.41, 5.74) is 2.17. The summed E-state index contributed by atoms with van der Waals surface area (Å²) >= 11 is 6.26. The molecule has 1 aliphatic heterocycles. The van der Waals surface area contributed by atoms with Crippen molar-refractivity contribution in [1.29, 1.82) is 0 Å². The van der Waals surface area contributed by atoms with Crippen molar-refractivity contribution in [1.82, 2.24) is 0 Å². The lowest BCUT2D eigenvalue weighted by atomic mass is 9.70. The number of rotatable bonds is 1. The first kappa shape index (κ1) is 16.8. The van der Waals surface area contributed by atoms with E-state index in [2.05, 4.69) is 12.3 Å². The van der Waals surface area contributed by atoms with Gasteiger partial charge in [-0.2, -0.15) is 0 Å². The van der Waals surface area contributed by atoms with Crippen molar-refractivity contribution in [2.24, 2.45) is 0 Å². The van der Waals surface area contributed by atoms with Crippen LogP contribution in [0.25, 0.3) is 0 Å². The van der Waals surface area contributed by atoms with Crippen molar-refractivity contribution in [2.75, 3.05) is 0 Å². The number of hydrogen-bond donors (Lipinski definition) is 3. The molecule has 2 fully saturated rings. The van der Waals surface area contributed by atoms with Crippen LogP contribution in [0.5, 0.6) is 0 Å². The standard InChI is InChI=1S/C16H23ClO4/c1-9(2)5-6-10-7-12-16(20,14(17)13(10)19)8-11(18)15(3,4)21-12/h5,11-14,18-20H,1,7-8H2,2-4H3. The molecule has 1 heterocycles. The second kappa shape index (κ2) is 5.54. The van der Waals surface area contributed by atoms with Crippen molar-refractivity contribution in [3.8, 4) is 0 Å². The molecule has 1 saturated heterocycles. The van der Waals surface area contributed by atoms with Gasteiger partial charge in [0.05, 0.1) is 23.2 Å². The van der Waals surface area contributed by atoms with Gasteiger partial charge >= 0.3 is 0 Å². The van der Waals surface area contributed by atoms with Crippen LogP contribution in [-0.2, 0) is 4.74 Å². The van der Waals surface area contributed by atoms with Gasteiger partial charge in [0.1, 0.15) is 11.7 Å². The van der Waals surface area contributed by atoms with Crippen LogP contribution in [0.1, 0.15) is 33.6 Å². The molecule has 0 aromatic carbocycles. The molecule has 0 bridgehead atoms. The van der Waals surface area contributed by atoms with Crippen LogP contribution in [0.2, 0.25) is 0 Å². The van der Waals surface area contributed by atoms with Crippen LogP contribution in [0.15, 0.2) is 29.5 Å². The molecule has 0 aromatic heterocycles. The molecule has 5 heteroatoms. The van der Waals surface area contributed by atoms with Gasteiger partial charge in [0.15, 0.2) is 0 Å². The maximum absolute atomic E-state index is 10.8. The normalized spacial score (nSPS) is 42.0. The minimum Gasteiger partial charge on any atom is -0.390 e. The van der Waals surface area contributed by atoms with Gasteiger partial charge in [-0.25, -0.2) is 0 Å². The Bertz CT molecular complexity index is 506. The summed E-state index contributed by atoms with van der Waals surface area (Å²) in [6, 6.07) is 0. The number of hydrogen-bond acceptors (Lipinski definition) is 4. The van der Waals surface area contributed by atoms with E-state index in [-0.39, 0.29) is 6.42 Å². The van der Waals surface area contributed by atoms with Crippen LogP contribution in [0, 0.1) is 0 Å². The van der Waals surface area contributed by atoms with Crippen molar-refractivity contribution in [2.45, 2.75) is 68.5 Å². The summed E-state index contributed by atoms with van der Waals surface area (Å²) in [5.74, 6) is 0. The first-order valence-corrected chi connectivity index (χ1v) is 7.53. The van der Waals surface area contributed by atoms with E-state index in [1.807, 2.05) is 6.92 Å². The molecule has 21 heavy (non-hydrogen) atoms. The second-order valence-corrected chi connectivity index (χ2v) is 7.10. The van der Waals surface area contributed by atoms with E-state index < -0.39 is 34.9 Å². The van der Waals surface area contributed by atoms with Gasteiger partial charge in [0.25, 0.3) is 0 Å². The zero-order valence-electron chi connectivity index (χ0n) is 12.6. The predicted octanol–water partition coefficient (Wildman–Crippen LogP) is 1.68.